The lowest BCUT2D eigenvalue weighted by atomic mass is 10.2. The normalized spacial score (nSPS) is 10.5. The molecule has 0 aliphatic heterocycles. The Morgan fingerprint density at radius 3 is 2.58 bits per heavy atom. The van der Waals surface area contributed by atoms with Crippen molar-refractivity contribution in [1.29, 1.82) is 5.26 Å². The minimum atomic E-state index is -0.602. The van der Waals surface area contributed by atoms with Crippen LogP contribution < -0.4 is 16.6 Å². The summed E-state index contributed by atoms with van der Waals surface area (Å²) in [6.07, 6.45) is 4.31. The average molecular weight is 350 g/mol. The van der Waals surface area contributed by atoms with E-state index in [0.29, 0.717) is 13.0 Å². The number of hydrogen-bond acceptors (Lipinski definition) is 5. The van der Waals surface area contributed by atoms with E-state index in [1.807, 2.05) is 42.6 Å². The van der Waals surface area contributed by atoms with Gasteiger partial charge in [-0.2, -0.15) is 10.4 Å². The van der Waals surface area contributed by atoms with Gasteiger partial charge < -0.3 is 5.32 Å². The predicted octanol–water partition coefficient (Wildman–Crippen LogP) is 0.796. The number of para-hydroxylation sites is 1. The minimum absolute atomic E-state index is 0.0745. The molecular weight excluding hydrogens is 332 g/mol. The largest absolute Gasteiger partial charge is 0.370 e. The summed E-state index contributed by atoms with van der Waals surface area (Å²) in [5.41, 5.74) is 0.805. The number of aromatic nitrogens is 4. The first-order valence-corrected chi connectivity index (χ1v) is 8.06. The maximum absolute atomic E-state index is 12.1. The monoisotopic (exact) mass is 350 g/mol. The van der Waals surface area contributed by atoms with E-state index in [0.717, 1.165) is 15.8 Å². The first kappa shape index (κ1) is 17.2. The van der Waals surface area contributed by atoms with Gasteiger partial charge >= 0.3 is 5.69 Å². The van der Waals surface area contributed by atoms with Crippen molar-refractivity contribution in [3.63, 3.8) is 0 Å². The lowest BCUT2D eigenvalue weighted by Crippen LogP contribution is -2.40. The van der Waals surface area contributed by atoms with E-state index in [1.54, 1.807) is 10.9 Å². The Balaban J connectivity index is 1.76. The van der Waals surface area contributed by atoms with Crippen LogP contribution in [0.5, 0.6) is 0 Å². The first-order chi connectivity index (χ1) is 12.5. The van der Waals surface area contributed by atoms with Gasteiger partial charge in [0.2, 0.25) is 0 Å². The van der Waals surface area contributed by atoms with Gasteiger partial charge in [-0.05, 0) is 24.1 Å². The van der Waals surface area contributed by atoms with Crippen molar-refractivity contribution in [2.75, 3.05) is 11.9 Å². The van der Waals surface area contributed by atoms with Crippen molar-refractivity contribution < 1.29 is 0 Å². The van der Waals surface area contributed by atoms with Crippen LogP contribution >= 0.6 is 0 Å². The Labute approximate surface area is 149 Å². The van der Waals surface area contributed by atoms with E-state index in [1.165, 1.54) is 18.7 Å². The maximum Gasteiger partial charge on any atom is 0.332 e. The quantitative estimate of drug-likeness (QED) is 0.734. The molecule has 8 heteroatoms. The van der Waals surface area contributed by atoms with Crippen LogP contribution in [0.3, 0.4) is 0 Å². The molecule has 0 bridgehead atoms. The topological polar surface area (TPSA) is 97.6 Å². The van der Waals surface area contributed by atoms with Crippen molar-refractivity contribution in [2.45, 2.75) is 6.42 Å². The number of hydrogen-bond donors (Lipinski definition) is 1. The van der Waals surface area contributed by atoms with Crippen LogP contribution in [0.1, 0.15) is 11.1 Å². The van der Waals surface area contributed by atoms with Crippen molar-refractivity contribution in [2.24, 2.45) is 14.1 Å². The molecule has 26 heavy (non-hydrogen) atoms. The number of nitrogens with one attached hydrogen (secondary N) is 1. The summed E-state index contributed by atoms with van der Waals surface area (Å²) < 4.78 is 3.98. The molecule has 1 N–H and O–H groups in total. The number of rotatable bonds is 5. The molecule has 0 saturated heterocycles. The highest BCUT2D eigenvalue weighted by Gasteiger charge is 2.14. The summed E-state index contributed by atoms with van der Waals surface area (Å²) in [7, 11) is 2.88. The molecule has 2 aromatic heterocycles. The predicted molar refractivity (Wildman–Crippen MR) is 97.4 cm³/mol. The highest BCUT2D eigenvalue weighted by Crippen LogP contribution is 2.10. The smallest absolute Gasteiger partial charge is 0.332 e. The van der Waals surface area contributed by atoms with E-state index < -0.39 is 11.2 Å². The second kappa shape index (κ2) is 7.11. The summed E-state index contributed by atoms with van der Waals surface area (Å²) in [5.74, 6) is 0.232. The zero-order chi connectivity index (χ0) is 18.7. The average Bonchev–Trinajstić information content (AvgIpc) is 3.14. The summed E-state index contributed by atoms with van der Waals surface area (Å²) >= 11 is 0. The van der Waals surface area contributed by atoms with Crippen molar-refractivity contribution in [3.05, 3.63) is 74.7 Å². The molecule has 0 amide bonds. The summed E-state index contributed by atoms with van der Waals surface area (Å²) in [6, 6.07) is 11.6. The number of benzene rings is 1. The Morgan fingerprint density at radius 1 is 1.15 bits per heavy atom. The molecule has 3 aromatic rings. The molecule has 8 nitrogen and oxygen atoms in total. The summed E-state index contributed by atoms with van der Waals surface area (Å²) in [6.45, 7) is 0.454. The molecule has 0 radical (unpaired) electrons. The fourth-order valence-corrected chi connectivity index (χ4v) is 2.69. The SMILES string of the molecule is Cn1c(NCCc2cnn(-c3ccccc3)c2)c(C#N)c(=O)n(C)c1=O. The second-order valence-electron chi connectivity index (χ2n) is 5.85. The first-order valence-electron chi connectivity index (χ1n) is 8.06. The lowest BCUT2D eigenvalue weighted by Gasteiger charge is -2.13. The van der Waals surface area contributed by atoms with Gasteiger partial charge in [0, 0.05) is 26.8 Å². The zero-order valence-electron chi connectivity index (χ0n) is 14.5. The third kappa shape index (κ3) is 3.15. The van der Waals surface area contributed by atoms with Crippen LogP contribution in [0.4, 0.5) is 5.82 Å². The Bertz CT molecular complexity index is 1090. The fourth-order valence-electron chi connectivity index (χ4n) is 2.69. The molecule has 0 unspecified atom stereocenters. The molecule has 0 atom stereocenters. The van der Waals surface area contributed by atoms with Crippen molar-refractivity contribution >= 4 is 5.82 Å². The van der Waals surface area contributed by atoms with E-state index in [9.17, 15) is 14.9 Å². The third-order valence-electron chi connectivity index (χ3n) is 4.14. The van der Waals surface area contributed by atoms with Crippen LogP contribution in [-0.2, 0) is 20.5 Å². The van der Waals surface area contributed by atoms with Crippen LogP contribution in [0.15, 0.2) is 52.3 Å². The number of nitriles is 1. The molecule has 0 fully saturated rings. The number of anilines is 1. The van der Waals surface area contributed by atoms with E-state index in [2.05, 4.69) is 10.4 Å². The van der Waals surface area contributed by atoms with Gasteiger partial charge in [0.1, 0.15) is 11.9 Å². The molecule has 0 aliphatic carbocycles. The molecule has 132 valence electrons. The van der Waals surface area contributed by atoms with Crippen molar-refractivity contribution in [3.8, 4) is 11.8 Å². The molecule has 2 heterocycles. The lowest BCUT2D eigenvalue weighted by molar-refractivity contribution is 0.685. The Kier molecular flexibility index (Phi) is 4.71. The Morgan fingerprint density at radius 2 is 1.88 bits per heavy atom. The van der Waals surface area contributed by atoms with Gasteiger partial charge in [0.15, 0.2) is 5.56 Å². The fraction of sp³-hybridized carbons (Fsp3) is 0.222. The zero-order valence-corrected chi connectivity index (χ0v) is 14.5. The molecular formula is C18H18N6O2. The molecule has 3 rings (SSSR count). The number of nitrogens with zero attached hydrogens (tertiary/aromatic N) is 5. The van der Waals surface area contributed by atoms with E-state index in [4.69, 9.17) is 0 Å². The summed E-state index contributed by atoms with van der Waals surface area (Å²) in [4.78, 5) is 24.1. The third-order valence-corrected chi connectivity index (χ3v) is 4.14. The minimum Gasteiger partial charge on any atom is -0.370 e. The summed E-state index contributed by atoms with van der Waals surface area (Å²) in [5, 5.41) is 16.6. The molecule has 0 aliphatic rings. The van der Waals surface area contributed by atoms with Gasteiger partial charge in [-0.3, -0.25) is 13.9 Å². The van der Waals surface area contributed by atoms with Crippen LogP contribution in [0.2, 0.25) is 0 Å². The van der Waals surface area contributed by atoms with Gasteiger partial charge in [0.05, 0.1) is 11.9 Å². The van der Waals surface area contributed by atoms with Gasteiger partial charge in [0.25, 0.3) is 5.56 Å². The van der Waals surface area contributed by atoms with Crippen LogP contribution in [0.25, 0.3) is 5.69 Å². The molecule has 0 saturated carbocycles. The molecule has 1 aromatic carbocycles. The van der Waals surface area contributed by atoms with E-state index >= 15 is 0 Å². The van der Waals surface area contributed by atoms with Crippen molar-refractivity contribution in [1.82, 2.24) is 18.9 Å². The van der Waals surface area contributed by atoms with Crippen LogP contribution in [0, 0.1) is 11.3 Å². The molecule has 0 spiro atoms. The highest BCUT2D eigenvalue weighted by atomic mass is 16.2. The second-order valence-corrected chi connectivity index (χ2v) is 5.85. The standard InChI is InChI=1S/C18H18N6O2/c1-22-16(15(10-19)17(25)23(2)18(22)26)20-9-8-13-11-21-24(12-13)14-6-4-3-5-7-14/h3-7,11-12,20H,8-9H2,1-2H3. The maximum atomic E-state index is 12.1. The van der Waals surface area contributed by atoms with E-state index in [-0.39, 0.29) is 11.4 Å². The van der Waals surface area contributed by atoms with Crippen LogP contribution in [-0.4, -0.2) is 25.5 Å². The van der Waals surface area contributed by atoms with Gasteiger partial charge in [-0.1, -0.05) is 18.2 Å². The van der Waals surface area contributed by atoms with Gasteiger partial charge in [-0.25, -0.2) is 9.48 Å². The highest BCUT2D eigenvalue weighted by molar-refractivity contribution is 5.51. The van der Waals surface area contributed by atoms with Gasteiger partial charge in [-0.15, -0.1) is 0 Å². The Hall–Kier alpha value is -3.60.